The fraction of sp³-hybridized carbons (Fsp3) is 0.294. The van der Waals surface area contributed by atoms with Gasteiger partial charge in [0.25, 0.3) is 5.91 Å². The first-order valence-electron chi connectivity index (χ1n) is 7.00. The Kier molecular flexibility index (Phi) is 4.88. The summed E-state index contributed by atoms with van der Waals surface area (Å²) in [5, 5.41) is 2.78. The van der Waals surface area contributed by atoms with E-state index in [0.717, 1.165) is 6.42 Å². The normalized spacial score (nSPS) is 11.9. The van der Waals surface area contributed by atoms with Gasteiger partial charge in [0.15, 0.2) is 0 Å². The topological polar surface area (TPSA) is 42.0 Å². The van der Waals surface area contributed by atoms with Crippen molar-refractivity contribution in [2.75, 3.05) is 5.32 Å². The second kappa shape index (κ2) is 6.85. The third-order valence-corrected chi connectivity index (χ3v) is 3.40. The molecule has 106 valence electrons. The van der Waals surface area contributed by atoms with Gasteiger partial charge in [-0.05, 0) is 42.2 Å². The van der Waals surface area contributed by atoms with E-state index in [-0.39, 0.29) is 7.33 Å². The number of hydrogen-bond acceptors (Lipinski definition) is 2. The SMILES string of the molecule is CCC(C)Cc1ccc(C(=O)Nc2ccccn2)cc1.[HH]. The summed E-state index contributed by atoms with van der Waals surface area (Å²) in [6, 6.07) is 13.2. The third-order valence-electron chi connectivity index (χ3n) is 3.40. The summed E-state index contributed by atoms with van der Waals surface area (Å²) in [6.07, 6.45) is 3.88. The minimum absolute atomic E-state index is 0. The molecule has 1 unspecified atom stereocenters. The van der Waals surface area contributed by atoms with Crippen molar-refractivity contribution in [1.29, 1.82) is 0 Å². The van der Waals surface area contributed by atoms with E-state index < -0.39 is 0 Å². The molecule has 0 fully saturated rings. The van der Waals surface area contributed by atoms with Crippen LogP contribution in [0.1, 0.15) is 37.6 Å². The summed E-state index contributed by atoms with van der Waals surface area (Å²) in [5.41, 5.74) is 1.93. The predicted octanol–water partition coefficient (Wildman–Crippen LogP) is 4.17. The van der Waals surface area contributed by atoms with Crippen molar-refractivity contribution in [3.63, 3.8) is 0 Å². The predicted molar refractivity (Wildman–Crippen MR) is 83.9 cm³/mol. The number of pyridine rings is 1. The first-order valence-corrected chi connectivity index (χ1v) is 7.00. The van der Waals surface area contributed by atoms with Gasteiger partial charge in [-0.2, -0.15) is 0 Å². The van der Waals surface area contributed by atoms with Crippen molar-refractivity contribution in [2.45, 2.75) is 26.7 Å². The van der Waals surface area contributed by atoms with E-state index in [9.17, 15) is 4.79 Å². The number of carbonyl (C=O) groups is 1. The maximum Gasteiger partial charge on any atom is 0.256 e. The van der Waals surface area contributed by atoms with Crippen LogP contribution in [0.15, 0.2) is 48.7 Å². The standard InChI is InChI=1S/C17H20N2O.H2/c1-3-13(2)12-14-7-9-15(10-8-14)17(20)19-16-6-4-5-11-18-16;/h4-11,13H,3,12H2,1-2H3,(H,18,19,20);1H. The Balaban J connectivity index is 0.00000220. The van der Waals surface area contributed by atoms with Gasteiger partial charge in [-0.25, -0.2) is 4.98 Å². The molecule has 1 amide bonds. The molecule has 1 aromatic carbocycles. The van der Waals surface area contributed by atoms with Crippen LogP contribution in [-0.2, 0) is 6.42 Å². The van der Waals surface area contributed by atoms with Crippen molar-refractivity contribution in [3.8, 4) is 0 Å². The minimum atomic E-state index is -0.126. The summed E-state index contributed by atoms with van der Waals surface area (Å²) in [4.78, 5) is 16.1. The Bertz CT molecular complexity index is 555. The lowest BCUT2D eigenvalue weighted by atomic mass is 9.98. The highest BCUT2D eigenvalue weighted by atomic mass is 16.1. The first-order chi connectivity index (χ1) is 9.69. The van der Waals surface area contributed by atoms with Crippen molar-refractivity contribution < 1.29 is 6.22 Å². The van der Waals surface area contributed by atoms with Gasteiger partial charge in [-0.15, -0.1) is 0 Å². The lowest BCUT2D eigenvalue weighted by molar-refractivity contribution is 0.102. The lowest BCUT2D eigenvalue weighted by Crippen LogP contribution is -2.12. The number of benzene rings is 1. The number of anilines is 1. The van der Waals surface area contributed by atoms with Gasteiger partial charge in [0, 0.05) is 13.2 Å². The Labute approximate surface area is 121 Å². The Morgan fingerprint density at radius 3 is 2.60 bits per heavy atom. The molecule has 0 spiro atoms. The quantitative estimate of drug-likeness (QED) is 0.886. The van der Waals surface area contributed by atoms with Crippen LogP contribution >= 0.6 is 0 Å². The molecule has 1 aromatic heterocycles. The number of aromatic nitrogens is 1. The van der Waals surface area contributed by atoms with Gasteiger partial charge in [-0.1, -0.05) is 38.5 Å². The summed E-state index contributed by atoms with van der Waals surface area (Å²) >= 11 is 0. The molecule has 0 aliphatic rings. The molecule has 3 heteroatoms. The second-order valence-electron chi connectivity index (χ2n) is 5.08. The molecule has 20 heavy (non-hydrogen) atoms. The van der Waals surface area contributed by atoms with Crippen LogP contribution in [0.25, 0.3) is 0 Å². The number of hydrogen-bond donors (Lipinski definition) is 1. The zero-order chi connectivity index (χ0) is 14.4. The van der Waals surface area contributed by atoms with E-state index in [2.05, 4.69) is 24.1 Å². The largest absolute Gasteiger partial charge is 0.307 e. The molecule has 2 rings (SSSR count). The van der Waals surface area contributed by atoms with Gasteiger partial charge >= 0.3 is 0 Å². The van der Waals surface area contributed by atoms with E-state index in [1.54, 1.807) is 12.3 Å². The summed E-state index contributed by atoms with van der Waals surface area (Å²) in [7, 11) is 0. The minimum Gasteiger partial charge on any atom is -0.307 e. The summed E-state index contributed by atoms with van der Waals surface area (Å²) in [5.74, 6) is 1.11. The van der Waals surface area contributed by atoms with Crippen LogP contribution in [0.5, 0.6) is 0 Å². The first kappa shape index (κ1) is 14.3. The zero-order valence-electron chi connectivity index (χ0n) is 12.0. The van der Waals surface area contributed by atoms with E-state index in [1.807, 2.05) is 36.4 Å². The molecule has 0 bridgehead atoms. The molecular formula is C17H22N2O. The van der Waals surface area contributed by atoms with Crippen LogP contribution < -0.4 is 5.32 Å². The second-order valence-corrected chi connectivity index (χ2v) is 5.08. The van der Waals surface area contributed by atoms with Crippen molar-refractivity contribution in [2.24, 2.45) is 5.92 Å². The van der Waals surface area contributed by atoms with Crippen LogP contribution in [-0.4, -0.2) is 10.9 Å². The molecule has 1 heterocycles. The molecular weight excluding hydrogens is 248 g/mol. The maximum atomic E-state index is 12.1. The summed E-state index contributed by atoms with van der Waals surface area (Å²) in [6.45, 7) is 4.43. The van der Waals surface area contributed by atoms with Gasteiger partial charge in [0.05, 0.1) is 0 Å². The molecule has 0 aliphatic heterocycles. The Morgan fingerprint density at radius 2 is 2.00 bits per heavy atom. The third kappa shape index (κ3) is 3.92. The van der Waals surface area contributed by atoms with Gasteiger partial charge in [0.1, 0.15) is 5.82 Å². The monoisotopic (exact) mass is 270 g/mol. The van der Waals surface area contributed by atoms with Crippen LogP contribution in [0, 0.1) is 5.92 Å². The highest BCUT2D eigenvalue weighted by Gasteiger charge is 2.07. The fourth-order valence-corrected chi connectivity index (χ4v) is 1.96. The number of amides is 1. The van der Waals surface area contributed by atoms with Crippen LogP contribution in [0.2, 0.25) is 0 Å². The van der Waals surface area contributed by atoms with E-state index >= 15 is 0 Å². The molecule has 0 aliphatic carbocycles. The Morgan fingerprint density at radius 1 is 1.25 bits per heavy atom. The molecule has 0 radical (unpaired) electrons. The van der Waals surface area contributed by atoms with Crippen LogP contribution in [0.3, 0.4) is 0 Å². The van der Waals surface area contributed by atoms with Gasteiger partial charge in [0.2, 0.25) is 0 Å². The van der Waals surface area contributed by atoms with Gasteiger partial charge in [-0.3, -0.25) is 4.79 Å². The van der Waals surface area contributed by atoms with E-state index in [1.165, 1.54) is 12.0 Å². The van der Waals surface area contributed by atoms with Crippen molar-refractivity contribution in [3.05, 3.63) is 59.8 Å². The molecule has 1 atom stereocenters. The molecule has 3 nitrogen and oxygen atoms in total. The molecule has 2 aromatic rings. The Hall–Kier alpha value is -2.16. The molecule has 0 saturated heterocycles. The number of rotatable bonds is 5. The average Bonchev–Trinajstić information content (AvgIpc) is 2.49. The summed E-state index contributed by atoms with van der Waals surface area (Å²) < 4.78 is 0. The molecule has 1 N–H and O–H groups in total. The number of nitrogens with zero attached hydrogens (tertiary/aromatic N) is 1. The lowest BCUT2D eigenvalue weighted by Gasteiger charge is -2.09. The van der Waals surface area contributed by atoms with Crippen molar-refractivity contribution >= 4 is 11.7 Å². The highest BCUT2D eigenvalue weighted by molar-refractivity contribution is 6.03. The van der Waals surface area contributed by atoms with E-state index in [4.69, 9.17) is 0 Å². The number of nitrogens with one attached hydrogen (secondary N) is 1. The number of carbonyl (C=O) groups excluding carboxylic acids is 1. The smallest absolute Gasteiger partial charge is 0.256 e. The fourth-order valence-electron chi connectivity index (χ4n) is 1.96. The highest BCUT2D eigenvalue weighted by Crippen LogP contribution is 2.13. The van der Waals surface area contributed by atoms with Crippen molar-refractivity contribution in [1.82, 2.24) is 4.98 Å². The maximum absolute atomic E-state index is 12.1. The van der Waals surface area contributed by atoms with Gasteiger partial charge < -0.3 is 5.32 Å². The zero-order valence-corrected chi connectivity index (χ0v) is 12.0. The van der Waals surface area contributed by atoms with E-state index in [0.29, 0.717) is 17.3 Å². The molecule has 0 saturated carbocycles. The average molecular weight is 270 g/mol. The van der Waals surface area contributed by atoms with Crippen LogP contribution in [0.4, 0.5) is 5.82 Å².